The molecule has 5 nitrogen and oxygen atoms in total. The maximum atomic E-state index is 8.97. The van der Waals surface area contributed by atoms with Gasteiger partial charge in [0.25, 0.3) is 0 Å². The first-order chi connectivity index (χ1) is 7.77. The Hall–Kier alpha value is -1.93. The number of nitrogens with zero attached hydrogens (tertiary/aromatic N) is 5. The van der Waals surface area contributed by atoms with Crippen molar-refractivity contribution in [1.82, 2.24) is 19.7 Å². The molecule has 0 bridgehead atoms. The molecule has 2 heterocycles. The third-order valence-electron chi connectivity index (χ3n) is 2.11. The number of aromatic nitrogens is 4. The van der Waals surface area contributed by atoms with Crippen LogP contribution in [0, 0.1) is 11.3 Å². The average molecular weight is 234 g/mol. The third-order valence-corrected chi connectivity index (χ3v) is 2.46. The van der Waals surface area contributed by atoms with E-state index in [9.17, 15) is 0 Å². The van der Waals surface area contributed by atoms with Gasteiger partial charge in [0.1, 0.15) is 11.6 Å². The van der Waals surface area contributed by atoms with Crippen LogP contribution in [-0.2, 0) is 6.42 Å². The standard InChI is InChI=1S/C10H8ClN5/c1-2-8-7(5-12)10(11)16(15-8)9-6-13-3-4-14-9/h3-4,6H,2H2,1H3. The minimum Gasteiger partial charge on any atom is -0.259 e. The molecule has 0 radical (unpaired) electrons. The second kappa shape index (κ2) is 4.29. The van der Waals surface area contributed by atoms with Crippen LogP contribution < -0.4 is 0 Å². The first kappa shape index (κ1) is 10.6. The zero-order valence-corrected chi connectivity index (χ0v) is 9.31. The molecule has 80 valence electrons. The summed E-state index contributed by atoms with van der Waals surface area (Å²) in [5.41, 5.74) is 1.06. The smallest absolute Gasteiger partial charge is 0.173 e. The number of hydrogen-bond acceptors (Lipinski definition) is 4. The van der Waals surface area contributed by atoms with Gasteiger partial charge in [0.2, 0.25) is 0 Å². The fraction of sp³-hybridized carbons (Fsp3) is 0.200. The van der Waals surface area contributed by atoms with Crippen molar-refractivity contribution in [2.75, 3.05) is 0 Å². The second-order valence-corrected chi connectivity index (χ2v) is 3.41. The lowest BCUT2D eigenvalue weighted by molar-refractivity contribution is 0.810. The predicted molar refractivity (Wildman–Crippen MR) is 58.3 cm³/mol. The molecule has 16 heavy (non-hydrogen) atoms. The first-order valence-corrected chi connectivity index (χ1v) is 5.09. The second-order valence-electron chi connectivity index (χ2n) is 3.05. The van der Waals surface area contributed by atoms with Crippen molar-refractivity contribution in [3.8, 4) is 11.9 Å². The Labute approximate surface area is 97.3 Å². The Morgan fingerprint density at radius 1 is 1.50 bits per heavy atom. The maximum Gasteiger partial charge on any atom is 0.173 e. The lowest BCUT2D eigenvalue weighted by Crippen LogP contribution is -2.00. The van der Waals surface area contributed by atoms with Gasteiger partial charge in [0.05, 0.1) is 11.9 Å². The summed E-state index contributed by atoms with van der Waals surface area (Å²) >= 11 is 6.05. The van der Waals surface area contributed by atoms with Gasteiger partial charge in [-0.3, -0.25) is 4.98 Å². The molecule has 0 aliphatic rings. The van der Waals surface area contributed by atoms with Crippen LogP contribution in [-0.4, -0.2) is 19.7 Å². The van der Waals surface area contributed by atoms with E-state index < -0.39 is 0 Å². The molecule has 0 saturated carbocycles. The topological polar surface area (TPSA) is 67.4 Å². The molecular weight excluding hydrogens is 226 g/mol. The van der Waals surface area contributed by atoms with Gasteiger partial charge in [-0.05, 0) is 6.42 Å². The number of aryl methyl sites for hydroxylation is 1. The number of halogens is 1. The van der Waals surface area contributed by atoms with E-state index in [0.717, 1.165) is 0 Å². The molecule has 0 amide bonds. The quantitative estimate of drug-likeness (QED) is 0.793. The van der Waals surface area contributed by atoms with E-state index in [1.165, 1.54) is 4.68 Å². The highest BCUT2D eigenvalue weighted by Gasteiger charge is 2.16. The van der Waals surface area contributed by atoms with E-state index >= 15 is 0 Å². The van der Waals surface area contributed by atoms with E-state index in [0.29, 0.717) is 23.5 Å². The maximum absolute atomic E-state index is 8.97. The molecule has 0 fully saturated rings. The van der Waals surface area contributed by atoms with Gasteiger partial charge >= 0.3 is 0 Å². The van der Waals surface area contributed by atoms with E-state index in [2.05, 4.69) is 15.1 Å². The highest BCUT2D eigenvalue weighted by atomic mass is 35.5. The zero-order chi connectivity index (χ0) is 11.5. The van der Waals surface area contributed by atoms with Gasteiger partial charge in [-0.15, -0.1) is 0 Å². The fourth-order valence-electron chi connectivity index (χ4n) is 1.35. The van der Waals surface area contributed by atoms with E-state index in [4.69, 9.17) is 16.9 Å². The van der Waals surface area contributed by atoms with Crippen LogP contribution in [0.2, 0.25) is 5.15 Å². The summed E-state index contributed by atoms with van der Waals surface area (Å²) in [5, 5.41) is 13.5. The largest absolute Gasteiger partial charge is 0.259 e. The lowest BCUT2D eigenvalue weighted by Gasteiger charge is -1.99. The monoisotopic (exact) mass is 233 g/mol. The Morgan fingerprint density at radius 3 is 2.81 bits per heavy atom. The van der Waals surface area contributed by atoms with E-state index in [-0.39, 0.29) is 5.15 Å². The Bertz CT molecular complexity index is 540. The molecule has 0 aliphatic carbocycles. The fourth-order valence-corrected chi connectivity index (χ4v) is 1.63. The van der Waals surface area contributed by atoms with Crippen molar-refractivity contribution >= 4 is 11.6 Å². The van der Waals surface area contributed by atoms with Gasteiger partial charge < -0.3 is 0 Å². The van der Waals surface area contributed by atoms with Crippen LogP contribution >= 0.6 is 11.6 Å². The van der Waals surface area contributed by atoms with E-state index in [1.54, 1.807) is 18.6 Å². The summed E-state index contributed by atoms with van der Waals surface area (Å²) < 4.78 is 1.42. The molecule has 0 atom stereocenters. The first-order valence-electron chi connectivity index (χ1n) is 4.71. The molecule has 2 rings (SSSR count). The molecule has 2 aromatic heterocycles. The summed E-state index contributed by atoms with van der Waals surface area (Å²) in [7, 11) is 0. The van der Waals surface area contributed by atoms with Crippen molar-refractivity contribution in [3.63, 3.8) is 0 Å². The van der Waals surface area contributed by atoms with Crippen LogP contribution in [0.1, 0.15) is 18.2 Å². The van der Waals surface area contributed by atoms with E-state index in [1.807, 2.05) is 13.0 Å². The summed E-state index contributed by atoms with van der Waals surface area (Å²) in [6.07, 6.45) is 5.30. The Kier molecular flexibility index (Phi) is 2.84. The Balaban J connectivity index is 2.60. The number of rotatable bonds is 2. The van der Waals surface area contributed by atoms with Crippen molar-refractivity contribution < 1.29 is 0 Å². The molecule has 0 aliphatic heterocycles. The van der Waals surface area contributed by atoms with Gasteiger partial charge in [-0.2, -0.15) is 10.4 Å². The van der Waals surface area contributed by atoms with Gasteiger partial charge in [-0.25, -0.2) is 9.67 Å². The molecular formula is C10H8ClN5. The van der Waals surface area contributed by atoms with Crippen molar-refractivity contribution in [1.29, 1.82) is 5.26 Å². The molecule has 0 unspecified atom stereocenters. The third kappa shape index (κ3) is 1.64. The highest BCUT2D eigenvalue weighted by molar-refractivity contribution is 6.31. The van der Waals surface area contributed by atoms with Crippen LogP contribution in [0.25, 0.3) is 5.82 Å². The average Bonchev–Trinajstić information content (AvgIpc) is 2.66. The van der Waals surface area contributed by atoms with Crippen molar-refractivity contribution in [2.24, 2.45) is 0 Å². The molecule has 0 spiro atoms. The summed E-state index contributed by atoms with van der Waals surface area (Å²) in [5.74, 6) is 0.503. The zero-order valence-electron chi connectivity index (χ0n) is 8.55. The summed E-state index contributed by atoms with van der Waals surface area (Å²) in [4.78, 5) is 8.00. The Morgan fingerprint density at radius 2 is 2.31 bits per heavy atom. The summed E-state index contributed by atoms with van der Waals surface area (Å²) in [6, 6.07) is 2.04. The van der Waals surface area contributed by atoms with Crippen LogP contribution in [0.3, 0.4) is 0 Å². The van der Waals surface area contributed by atoms with Crippen LogP contribution in [0.15, 0.2) is 18.6 Å². The minimum absolute atomic E-state index is 0.278. The molecule has 0 N–H and O–H groups in total. The number of nitriles is 1. The number of hydrogen-bond donors (Lipinski definition) is 0. The van der Waals surface area contributed by atoms with Gasteiger partial charge in [0, 0.05) is 12.4 Å². The molecule has 0 saturated heterocycles. The van der Waals surface area contributed by atoms with Crippen LogP contribution in [0.5, 0.6) is 0 Å². The predicted octanol–water partition coefficient (Wildman–Crippen LogP) is 1.75. The molecule has 0 aromatic carbocycles. The SMILES string of the molecule is CCc1nn(-c2cnccn2)c(Cl)c1C#N. The van der Waals surface area contributed by atoms with Gasteiger partial charge in [0.15, 0.2) is 11.0 Å². The molecule has 6 heteroatoms. The van der Waals surface area contributed by atoms with Crippen molar-refractivity contribution in [2.45, 2.75) is 13.3 Å². The molecule has 2 aromatic rings. The lowest BCUT2D eigenvalue weighted by atomic mass is 10.2. The van der Waals surface area contributed by atoms with Gasteiger partial charge in [-0.1, -0.05) is 18.5 Å². The minimum atomic E-state index is 0.278. The van der Waals surface area contributed by atoms with Crippen LogP contribution in [0.4, 0.5) is 0 Å². The van der Waals surface area contributed by atoms with Crippen molar-refractivity contribution in [3.05, 3.63) is 35.0 Å². The summed E-state index contributed by atoms with van der Waals surface area (Å²) in [6.45, 7) is 1.92. The highest BCUT2D eigenvalue weighted by Crippen LogP contribution is 2.21. The normalized spacial score (nSPS) is 10.1.